The van der Waals surface area contributed by atoms with Crippen molar-refractivity contribution < 1.29 is 18.3 Å². The Morgan fingerprint density at radius 1 is 1.27 bits per heavy atom. The molecular weight excluding hydrogens is 295 g/mol. The van der Waals surface area contributed by atoms with Crippen LogP contribution in [0.3, 0.4) is 0 Å². The number of nitrogens with zero attached hydrogens (tertiary/aromatic N) is 2. The minimum Gasteiger partial charge on any atom is -0.396 e. The standard InChI is InChI=1S/C15H18F3N3O/c16-15(17,18)13-7-6-10(8-19)14(21-13)20-12-5-3-1-2-4-11(12)9-22/h6-7,11-12,22H,1-5,9H2,(H,20,21)/t11-,12+/m1/s1. The number of alkyl halides is 3. The number of aromatic nitrogens is 1. The second-order valence-electron chi connectivity index (χ2n) is 5.53. The Balaban J connectivity index is 2.28. The van der Waals surface area contributed by atoms with Gasteiger partial charge in [0.15, 0.2) is 0 Å². The number of aliphatic hydroxyl groups excluding tert-OH is 1. The molecule has 1 heterocycles. The topological polar surface area (TPSA) is 68.9 Å². The van der Waals surface area contributed by atoms with Crippen LogP contribution in [0.15, 0.2) is 12.1 Å². The molecular formula is C15H18F3N3O. The van der Waals surface area contributed by atoms with Crippen LogP contribution in [0.2, 0.25) is 0 Å². The Morgan fingerprint density at radius 2 is 2.00 bits per heavy atom. The van der Waals surface area contributed by atoms with Crippen LogP contribution in [0, 0.1) is 17.2 Å². The molecule has 1 aliphatic rings. The molecule has 1 saturated carbocycles. The lowest BCUT2D eigenvalue weighted by molar-refractivity contribution is -0.141. The molecule has 1 fully saturated rings. The number of anilines is 1. The highest BCUT2D eigenvalue weighted by Crippen LogP contribution is 2.31. The fraction of sp³-hybridized carbons (Fsp3) is 0.600. The monoisotopic (exact) mass is 313 g/mol. The van der Waals surface area contributed by atoms with E-state index < -0.39 is 11.9 Å². The Morgan fingerprint density at radius 3 is 2.64 bits per heavy atom. The first kappa shape index (κ1) is 16.6. The van der Waals surface area contributed by atoms with Crippen LogP contribution in [0.1, 0.15) is 43.4 Å². The van der Waals surface area contributed by atoms with Gasteiger partial charge in [0.2, 0.25) is 0 Å². The van der Waals surface area contributed by atoms with Gasteiger partial charge in [0.1, 0.15) is 17.6 Å². The summed E-state index contributed by atoms with van der Waals surface area (Å²) in [5, 5.41) is 21.5. The Bertz CT molecular complexity index is 554. The van der Waals surface area contributed by atoms with Crippen molar-refractivity contribution in [1.82, 2.24) is 4.98 Å². The maximum absolute atomic E-state index is 12.8. The van der Waals surface area contributed by atoms with Crippen molar-refractivity contribution in [2.45, 2.75) is 44.3 Å². The SMILES string of the molecule is N#Cc1ccc(C(F)(F)F)nc1N[C@H]1CCCCC[C@@H]1CO. The Labute approximate surface area is 127 Å². The van der Waals surface area contributed by atoms with E-state index in [1.165, 1.54) is 0 Å². The molecule has 0 aliphatic heterocycles. The summed E-state index contributed by atoms with van der Waals surface area (Å²) >= 11 is 0. The first-order chi connectivity index (χ1) is 10.5. The van der Waals surface area contributed by atoms with E-state index in [4.69, 9.17) is 5.26 Å². The maximum atomic E-state index is 12.8. The molecule has 1 aromatic heterocycles. The van der Waals surface area contributed by atoms with Gasteiger partial charge < -0.3 is 10.4 Å². The number of nitrogens with one attached hydrogen (secondary N) is 1. The molecule has 2 N–H and O–H groups in total. The van der Waals surface area contributed by atoms with Crippen molar-refractivity contribution in [3.8, 4) is 6.07 Å². The minimum absolute atomic E-state index is 0.0293. The van der Waals surface area contributed by atoms with E-state index in [9.17, 15) is 18.3 Å². The predicted molar refractivity (Wildman–Crippen MR) is 75.0 cm³/mol. The van der Waals surface area contributed by atoms with Gasteiger partial charge in [0.25, 0.3) is 0 Å². The van der Waals surface area contributed by atoms with E-state index in [-0.39, 0.29) is 29.9 Å². The molecule has 2 atom stereocenters. The Hall–Kier alpha value is -1.81. The first-order valence-corrected chi connectivity index (χ1v) is 7.31. The number of aliphatic hydroxyl groups is 1. The average Bonchev–Trinajstić information content (AvgIpc) is 2.71. The highest BCUT2D eigenvalue weighted by atomic mass is 19.4. The van der Waals surface area contributed by atoms with Crippen molar-refractivity contribution >= 4 is 5.82 Å². The number of hydrogen-bond donors (Lipinski definition) is 2. The number of nitriles is 1. The van der Waals surface area contributed by atoms with E-state index in [1.807, 2.05) is 6.07 Å². The van der Waals surface area contributed by atoms with Crippen molar-refractivity contribution in [3.05, 3.63) is 23.4 Å². The molecule has 7 heteroatoms. The molecule has 0 bridgehead atoms. The van der Waals surface area contributed by atoms with Crippen molar-refractivity contribution in [3.63, 3.8) is 0 Å². The quantitative estimate of drug-likeness (QED) is 0.840. The van der Waals surface area contributed by atoms with Gasteiger partial charge in [0.05, 0.1) is 5.56 Å². The molecule has 0 saturated heterocycles. The summed E-state index contributed by atoms with van der Waals surface area (Å²) in [5.74, 6) is -0.0898. The highest BCUT2D eigenvalue weighted by Gasteiger charge is 2.33. The predicted octanol–water partition coefficient (Wildman–Crippen LogP) is 3.33. The summed E-state index contributed by atoms with van der Waals surface area (Å²) in [4.78, 5) is 3.57. The summed E-state index contributed by atoms with van der Waals surface area (Å²) in [6, 6.07) is 3.62. The summed E-state index contributed by atoms with van der Waals surface area (Å²) in [5.41, 5.74) is -0.947. The third-order valence-electron chi connectivity index (χ3n) is 4.02. The molecule has 120 valence electrons. The molecule has 0 radical (unpaired) electrons. The molecule has 4 nitrogen and oxygen atoms in total. The largest absolute Gasteiger partial charge is 0.433 e. The normalized spacial score (nSPS) is 22.7. The van der Waals surface area contributed by atoms with Gasteiger partial charge in [-0.05, 0) is 25.0 Å². The lowest BCUT2D eigenvalue weighted by Gasteiger charge is -2.25. The zero-order valence-electron chi connectivity index (χ0n) is 12.0. The third-order valence-corrected chi connectivity index (χ3v) is 4.02. The van der Waals surface area contributed by atoms with E-state index in [1.54, 1.807) is 0 Å². The number of halogens is 3. The molecule has 22 heavy (non-hydrogen) atoms. The van der Waals surface area contributed by atoms with Crippen LogP contribution in [-0.4, -0.2) is 22.7 Å². The first-order valence-electron chi connectivity index (χ1n) is 7.31. The van der Waals surface area contributed by atoms with Crippen molar-refractivity contribution in [2.24, 2.45) is 5.92 Å². The number of rotatable bonds is 3. The zero-order valence-corrected chi connectivity index (χ0v) is 12.0. The fourth-order valence-corrected chi connectivity index (χ4v) is 2.79. The second kappa shape index (κ2) is 6.97. The lowest BCUT2D eigenvalue weighted by Crippen LogP contribution is -2.31. The van der Waals surface area contributed by atoms with Crippen LogP contribution in [0.25, 0.3) is 0 Å². The van der Waals surface area contributed by atoms with Gasteiger partial charge in [-0.3, -0.25) is 0 Å². The molecule has 1 aliphatic carbocycles. The molecule has 1 aromatic rings. The molecule has 2 rings (SSSR count). The van der Waals surface area contributed by atoms with Crippen molar-refractivity contribution in [1.29, 1.82) is 5.26 Å². The summed E-state index contributed by atoms with van der Waals surface area (Å²) in [6.07, 6.45) is -0.0252. The lowest BCUT2D eigenvalue weighted by atomic mass is 9.95. The maximum Gasteiger partial charge on any atom is 0.433 e. The van der Waals surface area contributed by atoms with Gasteiger partial charge in [-0.2, -0.15) is 18.4 Å². The number of pyridine rings is 1. The number of hydrogen-bond acceptors (Lipinski definition) is 4. The van der Waals surface area contributed by atoms with Crippen LogP contribution in [-0.2, 0) is 6.18 Å². The van der Waals surface area contributed by atoms with Crippen LogP contribution < -0.4 is 5.32 Å². The average molecular weight is 313 g/mol. The fourth-order valence-electron chi connectivity index (χ4n) is 2.79. The molecule has 0 amide bonds. The van der Waals surface area contributed by atoms with E-state index in [0.717, 1.165) is 44.2 Å². The van der Waals surface area contributed by atoms with Gasteiger partial charge >= 0.3 is 6.18 Å². The van der Waals surface area contributed by atoms with Crippen LogP contribution >= 0.6 is 0 Å². The highest BCUT2D eigenvalue weighted by molar-refractivity contribution is 5.53. The van der Waals surface area contributed by atoms with E-state index in [2.05, 4.69) is 10.3 Å². The van der Waals surface area contributed by atoms with Gasteiger partial charge in [-0.1, -0.05) is 19.3 Å². The minimum atomic E-state index is -4.55. The van der Waals surface area contributed by atoms with E-state index in [0.29, 0.717) is 0 Å². The van der Waals surface area contributed by atoms with Crippen molar-refractivity contribution in [2.75, 3.05) is 11.9 Å². The molecule has 0 aromatic carbocycles. The summed E-state index contributed by atoms with van der Waals surface area (Å²) in [6.45, 7) is -0.0293. The summed E-state index contributed by atoms with van der Waals surface area (Å²) in [7, 11) is 0. The molecule has 0 spiro atoms. The van der Waals surface area contributed by atoms with Gasteiger partial charge in [0, 0.05) is 18.6 Å². The smallest absolute Gasteiger partial charge is 0.396 e. The van der Waals surface area contributed by atoms with Gasteiger partial charge in [-0.15, -0.1) is 0 Å². The second-order valence-corrected chi connectivity index (χ2v) is 5.53. The third kappa shape index (κ3) is 3.89. The van der Waals surface area contributed by atoms with E-state index >= 15 is 0 Å². The van der Waals surface area contributed by atoms with Crippen LogP contribution in [0.5, 0.6) is 0 Å². The summed E-state index contributed by atoms with van der Waals surface area (Å²) < 4.78 is 38.3. The Kier molecular flexibility index (Phi) is 5.24. The van der Waals surface area contributed by atoms with Crippen LogP contribution in [0.4, 0.5) is 19.0 Å². The van der Waals surface area contributed by atoms with Gasteiger partial charge in [-0.25, -0.2) is 4.98 Å². The zero-order chi connectivity index (χ0) is 16.2. The molecule has 0 unspecified atom stereocenters.